The molecule has 0 bridgehead atoms. The molecule has 3 rings (SSSR count). The summed E-state index contributed by atoms with van der Waals surface area (Å²) < 4.78 is 29.0. The molecule has 2 aromatic rings. The predicted octanol–water partition coefficient (Wildman–Crippen LogP) is 3.09. The number of carbonyl (C=O) groups is 2. The molecule has 0 spiro atoms. The van der Waals surface area contributed by atoms with Crippen molar-refractivity contribution in [2.45, 2.75) is 19.5 Å². The molecule has 0 unspecified atom stereocenters. The molecule has 0 aromatic heterocycles. The number of carbonyl (C=O) groups excluding carboxylic acids is 2. The van der Waals surface area contributed by atoms with Crippen molar-refractivity contribution in [3.8, 4) is 5.75 Å². The van der Waals surface area contributed by atoms with Gasteiger partial charge in [0.25, 0.3) is 5.91 Å². The zero-order valence-corrected chi connectivity index (χ0v) is 14.6. The van der Waals surface area contributed by atoms with Crippen LogP contribution >= 0.6 is 0 Å². The van der Waals surface area contributed by atoms with Gasteiger partial charge >= 0.3 is 6.61 Å². The molecule has 142 valence electrons. The highest BCUT2D eigenvalue weighted by molar-refractivity contribution is 5.95. The third kappa shape index (κ3) is 4.81. The van der Waals surface area contributed by atoms with E-state index in [-0.39, 0.29) is 17.6 Å². The van der Waals surface area contributed by atoms with E-state index >= 15 is 0 Å². The average molecular weight is 374 g/mol. The number of ether oxygens (including phenoxy) is 1. The molecular formula is C20H20F2N2O3. The number of halogens is 2. The molecule has 5 nitrogen and oxygen atoms in total. The second-order valence-electron chi connectivity index (χ2n) is 6.58. The number of primary amides is 1. The zero-order chi connectivity index (χ0) is 19.4. The van der Waals surface area contributed by atoms with Crippen LogP contribution < -0.4 is 10.5 Å². The molecule has 7 heteroatoms. The molecule has 1 atom stereocenters. The summed E-state index contributed by atoms with van der Waals surface area (Å²) in [5.41, 5.74) is 7.10. The van der Waals surface area contributed by atoms with E-state index in [0.717, 1.165) is 18.4 Å². The van der Waals surface area contributed by atoms with Gasteiger partial charge in [0, 0.05) is 24.2 Å². The fourth-order valence-corrected chi connectivity index (χ4v) is 3.36. The molecule has 1 heterocycles. The van der Waals surface area contributed by atoms with Crippen molar-refractivity contribution in [1.82, 2.24) is 4.90 Å². The third-order valence-corrected chi connectivity index (χ3v) is 4.62. The summed E-state index contributed by atoms with van der Waals surface area (Å²) in [5.74, 6) is -0.443. The van der Waals surface area contributed by atoms with Crippen LogP contribution in [0.2, 0.25) is 0 Å². The topological polar surface area (TPSA) is 72.6 Å². The Labute approximate surface area is 155 Å². The van der Waals surface area contributed by atoms with E-state index in [1.54, 1.807) is 29.2 Å². The van der Waals surface area contributed by atoms with Gasteiger partial charge in [0.05, 0.1) is 0 Å². The summed E-state index contributed by atoms with van der Waals surface area (Å²) in [6.07, 6.45) is 1.57. The van der Waals surface area contributed by atoms with E-state index in [2.05, 4.69) is 4.74 Å². The van der Waals surface area contributed by atoms with Gasteiger partial charge in [-0.1, -0.05) is 18.2 Å². The summed E-state index contributed by atoms with van der Waals surface area (Å²) in [5, 5.41) is 0. The molecule has 1 fully saturated rings. The Balaban J connectivity index is 1.63. The van der Waals surface area contributed by atoms with Crippen molar-refractivity contribution in [2.75, 3.05) is 13.1 Å². The molecule has 2 aromatic carbocycles. The minimum Gasteiger partial charge on any atom is -0.435 e. The van der Waals surface area contributed by atoms with E-state index < -0.39 is 12.5 Å². The van der Waals surface area contributed by atoms with Crippen LogP contribution in [0.1, 0.15) is 32.7 Å². The maximum Gasteiger partial charge on any atom is 0.387 e. The van der Waals surface area contributed by atoms with Crippen molar-refractivity contribution in [1.29, 1.82) is 0 Å². The smallest absolute Gasteiger partial charge is 0.387 e. The summed E-state index contributed by atoms with van der Waals surface area (Å²) in [7, 11) is 0. The molecule has 0 radical (unpaired) electrons. The molecule has 2 N–H and O–H groups in total. The monoisotopic (exact) mass is 374 g/mol. The van der Waals surface area contributed by atoms with Crippen LogP contribution in [0.5, 0.6) is 5.75 Å². The first-order chi connectivity index (χ1) is 12.9. The minimum atomic E-state index is -2.93. The maximum atomic E-state index is 12.6. The van der Waals surface area contributed by atoms with E-state index in [1.165, 1.54) is 18.2 Å². The first kappa shape index (κ1) is 18.8. The van der Waals surface area contributed by atoms with Crippen molar-refractivity contribution in [3.63, 3.8) is 0 Å². The molecule has 2 amide bonds. The van der Waals surface area contributed by atoms with Crippen molar-refractivity contribution in [3.05, 3.63) is 65.2 Å². The molecule has 1 saturated heterocycles. The zero-order valence-electron chi connectivity index (χ0n) is 14.6. The van der Waals surface area contributed by atoms with E-state index in [9.17, 15) is 18.4 Å². The maximum absolute atomic E-state index is 12.6. The number of hydrogen-bond donors (Lipinski definition) is 1. The van der Waals surface area contributed by atoms with E-state index in [4.69, 9.17) is 5.73 Å². The number of benzene rings is 2. The molecular weight excluding hydrogens is 354 g/mol. The fourth-order valence-electron chi connectivity index (χ4n) is 3.36. The number of nitrogens with two attached hydrogens (primary N) is 1. The Morgan fingerprint density at radius 3 is 2.63 bits per heavy atom. The highest BCUT2D eigenvalue weighted by Crippen LogP contribution is 2.24. The number of likely N-dealkylation sites (tertiary alicyclic amines) is 1. The van der Waals surface area contributed by atoms with Crippen LogP contribution in [-0.4, -0.2) is 36.4 Å². The summed E-state index contributed by atoms with van der Waals surface area (Å²) in [6.45, 7) is -1.76. The van der Waals surface area contributed by atoms with Gasteiger partial charge in [-0.25, -0.2) is 0 Å². The summed E-state index contributed by atoms with van der Waals surface area (Å²) >= 11 is 0. The highest BCUT2D eigenvalue weighted by Gasteiger charge is 2.27. The van der Waals surface area contributed by atoms with E-state index in [0.29, 0.717) is 24.2 Å². The SMILES string of the molecule is NC(=O)c1cccc(C[C@H]2CCN(C(=O)c3cccc(OC(F)F)c3)C2)c1. The lowest BCUT2D eigenvalue weighted by Crippen LogP contribution is -2.29. The lowest BCUT2D eigenvalue weighted by atomic mass is 9.97. The first-order valence-corrected chi connectivity index (χ1v) is 8.65. The standard InChI is InChI=1S/C20H20F2N2O3/c21-20(22)27-17-6-2-5-16(11-17)19(26)24-8-7-14(12-24)9-13-3-1-4-15(10-13)18(23)25/h1-6,10-11,14,20H,7-9,12H2,(H2,23,25)/t14-/m1/s1. The summed E-state index contributed by atoms with van der Waals surface area (Å²) in [6, 6.07) is 13.0. The molecule has 1 aliphatic heterocycles. The van der Waals surface area contributed by atoms with Gasteiger partial charge in [0.15, 0.2) is 0 Å². The number of amides is 2. The van der Waals surface area contributed by atoms with Crippen LogP contribution in [0, 0.1) is 5.92 Å². The van der Waals surface area contributed by atoms with Gasteiger partial charge < -0.3 is 15.4 Å². The van der Waals surface area contributed by atoms with Gasteiger partial charge in [-0.3, -0.25) is 9.59 Å². The Kier molecular flexibility index (Phi) is 5.69. The van der Waals surface area contributed by atoms with Gasteiger partial charge in [-0.2, -0.15) is 8.78 Å². The quantitative estimate of drug-likeness (QED) is 0.845. The van der Waals surface area contributed by atoms with Gasteiger partial charge in [-0.05, 0) is 54.7 Å². The van der Waals surface area contributed by atoms with E-state index in [1.807, 2.05) is 6.07 Å². The highest BCUT2D eigenvalue weighted by atomic mass is 19.3. The Morgan fingerprint density at radius 1 is 1.15 bits per heavy atom. The van der Waals surface area contributed by atoms with Gasteiger partial charge in [0.1, 0.15) is 5.75 Å². The van der Waals surface area contributed by atoms with Crippen LogP contribution in [-0.2, 0) is 6.42 Å². The fraction of sp³-hybridized carbons (Fsp3) is 0.300. The Hall–Kier alpha value is -2.96. The van der Waals surface area contributed by atoms with Crippen LogP contribution in [0.25, 0.3) is 0 Å². The Morgan fingerprint density at radius 2 is 1.89 bits per heavy atom. The third-order valence-electron chi connectivity index (χ3n) is 4.62. The van der Waals surface area contributed by atoms with Crippen molar-refractivity contribution < 1.29 is 23.1 Å². The molecule has 0 aliphatic carbocycles. The number of rotatable bonds is 6. The lowest BCUT2D eigenvalue weighted by Gasteiger charge is -2.17. The van der Waals surface area contributed by atoms with Gasteiger partial charge in [-0.15, -0.1) is 0 Å². The predicted molar refractivity (Wildman–Crippen MR) is 95.7 cm³/mol. The van der Waals surface area contributed by atoms with Crippen molar-refractivity contribution in [2.24, 2.45) is 11.7 Å². The summed E-state index contributed by atoms with van der Waals surface area (Å²) in [4.78, 5) is 25.7. The van der Waals surface area contributed by atoms with Crippen molar-refractivity contribution >= 4 is 11.8 Å². The molecule has 0 saturated carbocycles. The minimum absolute atomic E-state index is 0.0325. The Bertz CT molecular complexity index is 841. The number of nitrogens with zero attached hydrogens (tertiary/aromatic N) is 1. The number of alkyl halides is 2. The normalized spacial score (nSPS) is 16.6. The molecule has 1 aliphatic rings. The second-order valence-corrected chi connectivity index (χ2v) is 6.58. The van der Waals surface area contributed by atoms with Crippen LogP contribution in [0.3, 0.4) is 0 Å². The second kappa shape index (κ2) is 8.16. The lowest BCUT2D eigenvalue weighted by molar-refractivity contribution is -0.0499. The van der Waals surface area contributed by atoms with Crippen LogP contribution in [0.15, 0.2) is 48.5 Å². The van der Waals surface area contributed by atoms with Crippen LogP contribution in [0.4, 0.5) is 8.78 Å². The molecule has 27 heavy (non-hydrogen) atoms. The average Bonchev–Trinajstić information content (AvgIpc) is 3.09. The first-order valence-electron chi connectivity index (χ1n) is 8.65. The largest absolute Gasteiger partial charge is 0.435 e. The van der Waals surface area contributed by atoms with Gasteiger partial charge in [0.2, 0.25) is 5.91 Å². The number of hydrogen-bond acceptors (Lipinski definition) is 3.